The van der Waals surface area contributed by atoms with Crippen molar-refractivity contribution in [3.8, 4) is 5.75 Å². The monoisotopic (exact) mass is 289 g/mol. The third-order valence-electron chi connectivity index (χ3n) is 3.60. The van der Waals surface area contributed by atoms with Crippen LogP contribution in [0.5, 0.6) is 5.75 Å². The summed E-state index contributed by atoms with van der Waals surface area (Å²) in [5, 5.41) is 0. The molecule has 3 rings (SSSR count). The minimum atomic E-state index is 0.583. The number of benzene rings is 3. The molecule has 0 N–H and O–H groups in total. The fraction of sp³-hybridized carbons (Fsp3) is 0.100. The van der Waals surface area contributed by atoms with Gasteiger partial charge >= 0.3 is 0 Å². The largest absolute Gasteiger partial charge is 0.489 e. The van der Waals surface area contributed by atoms with Gasteiger partial charge in [0.1, 0.15) is 12.4 Å². The van der Waals surface area contributed by atoms with Gasteiger partial charge in [0.2, 0.25) is 0 Å². The van der Waals surface area contributed by atoms with Gasteiger partial charge < -0.3 is 9.64 Å². The van der Waals surface area contributed by atoms with Crippen LogP contribution in [-0.2, 0) is 6.61 Å². The highest BCUT2D eigenvalue weighted by Gasteiger charge is 2.04. The molecule has 110 valence electrons. The molecular formula is C20H19NO. The molecule has 22 heavy (non-hydrogen) atoms. The average molecular weight is 289 g/mol. The van der Waals surface area contributed by atoms with E-state index in [1.807, 2.05) is 48.5 Å². The zero-order valence-corrected chi connectivity index (χ0v) is 12.6. The number of hydrogen-bond donors (Lipinski definition) is 0. The maximum atomic E-state index is 5.89. The van der Waals surface area contributed by atoms with E-state index < -0.39 is 0 Å². The van der Waals surface area contributed by atoms with Gasteiger partial charge in [-0.1, -0.05) is 54.6 Å². The predicted octanol–water partition coefficient (Wildman–Crippen LogP) is 5.03. The van der Waals surface area contributed by atoms with Crippen LogP contribution in [0.2, 0.25) is 0 Å². The molecular weight excluding hydrogens is 270 g/mol. The molecule has 0 amide bonds. The molecule has 0 aromatic heterocycles. The summed E-state index contributed by atoms with van der Waals surface area (Å²) in [6.07, 6.45) is 0. The van der Waals surface area contributed by atoms with Crippen LogP contribution in [0.15, 0.2) is 84.9 Å². The second-order valence-corrected chi connectivity index (χ2v) is 5.17. The maximum Gasteiger partial charge on any atom is 0.121 e. The Morgan fingerprint density at radius 1 is 0.727 bits per heavy atom. The van der Waals surface area contributed by atoms with E-state index in [9.17, 15) is 0 Å². The van der Waals surface area contributed by atoms with Crippen molar-refractivity contribution in [1.29, 1.82) is 0 Å². The van der Waals surface area contributed by atoms with E-state index in [0.717, 1.165) is 17.1 Å². The molecule has 0 radical (unpaired) electrons. The lowest BCUT2D eigenvalue weighted by Gasteiger charge is -2.20. The molecule has 2 heteroatoms. The SMILES string of the molecule is CN(c1ccccc1)c1cccc(OCc2ccccc2)c1. The first kappa shape index (κ1) is 14.2. The van der Waals surface area contributed by atoms with Crippen LogP contribution in [0.4, 0.5) is 11.4 Å². The lowest BCUT2D eigenvalue weighted by molar-refractivity contribution is 0.306. The number of nitrogens with zero attached hydrogens (tertiary/aromatic N) is 1. The fourth-order valence-electron chi connectivity index (χ4n) is 2.32. The summed E-state index contributed by atoms with van der Waals surface area (Å²) in [7, 11) is 2.06. The number of rotatable bonds is 5. The molecule has 0 saturated carbocycles. The first-order valence-electron chi connectivity index (χ1n) is 7.38. The van der Waals surface area contributed by atoms with Gasteiger partial charge in [0.05, 0.1) is 0 Å². The van der Waals surface area contributed by atoms with Gasteiger partial charge in [-0.3, -0.25) is 0 Å². The summed E-state index contributed by atoms with van der Waals surface area (Å²) in [4.78, 5) is 2.15. The van der Waals surface area contributed by atoms with Gasteiger partial charge in [-0.2, -0.15) is 0 Å². The standard InChI is InChI=1S/C20H19NO/c1-21(18-11-6-3-7-12-18)19-13-8-14-20(15-19)22-16-17-9-4-2-5-10-17/h2-15H,16H2,1H3. The van der Waals surface area contributed by atoms with E-state index in [-0.39, 0.29) is 0 Å². The summed E-state index contributed by atoms with van der Waals surface area (Å²) >= 11 is 0. The quantitative estimate of drug-likeness (QED) is 0.653. The molecule has 3 aromatic carbocycles. The van der Waals surface area contributed by atoms with Gasteiger partial charge in [0.25, 0.3) is 0 Å². The van der Waals surface area contributed by atoms with Gasteiger partial charge in [-0.25, -0.2) is 0 Å². The Morgan fingerprint density at radius 2 is 1.36 bits per heavy atom. The minimum absolute atomic E-state index is 0.583. The summed E-state index contributed by atoms with van der Waals surface area (Å²) in [5.41, 5.74) is 3.43. The number of ether oxygens (including phenoxy) is 1. The lowest BCUT2D eigenvalue weighted by atomic mass is 10.2. The second-order valence-electron chi connectivity index (χ2n) is 5.17. The summed E-state index contributed by atoms with van der Waals surface area (Å²) < 4.78 is 5.89. The Hall–Kier alpha value is -2.74. The summed E-state index contributed by atoms with van der Waals surface area (Å²) in [6.45, 7) is 0.583. The topological polar surface area (TPSA) is 12.5 Å². The van der Waals surface area contributed by atoms with E-state index in [2.05, 4.69) is 48.3 Å². The Morgan fingerprint density at radius 3 is 2.09 bits per heavy atom. The van der Waals surface area contributed by atoms with Crippen molar-refractivity contribution >= 4 is 11.4 Å². The average Bonchev–Trinajstić information content (AvgIpc) is 2.61. The molecule has 0 bridgehead atoms. The van der Waals surface area contributed by atoms with E-state index in [4.69, 9.17) is 4.74 Å². The van der Waals surface area contributed by atoms with Crippen LogP contribution in [0.3, 0.4) is 0 Å². The molecule has 0 heterocycles. The second kappa shape index (κ2) is 6.81. The molecule has 0 aliphatic rings. The van der Waals surface area contributed by atoms with E-state index in [0.29, 0.717) is 6.61 Å². The smallest absolute Gasteiger partial charge is 0.121 e. The number of anilines is 2. The van der Waals surface area contributed by atoms with Crippen molar-refractivity contribution in [3.05, 3.63) is 90.5 Å². The van der Waals surface area contributed by atoms with E-state index >= 15 is 0 Å². The molecule has 0 fully saturated rings. The van der Waals surface area contributed by atoms with Crippen molar-refractivity contribution in [2.24, 2.45) is 0 Å². The first-order chi connectivity index (χ1) is 10.8. The van der Waals surface area contributed by atoms with Gasteiger partial charge in [0.15, 0.2) is 0 Å². The first-order valence-corrected chi connectivity index (χ1v) is 7.38. The van der Waals surface area contributed by atoms with Crippen molar-refractivity contribution in [2.45, 2.75) is 6.61 Å². The molecule has 0 aliphatic carbocycles. The van der Waals surface area contributed by atoms with Crippen molar-refractivity contribution in [3.63, 3.8) is 0 Å². The Kier molecular flexibility index (Phi) is 4.40. The van der Waals surface area contributed by atoms with E-state index in [1.165, 1.54) is 5.56 Å². The number of hydrogen-bond acceptors (Lipinski definition) is 2. The molecule has 3 aromatic rings. The van der Waals surface area contributed by atoms with Crippen LogP contribution in [-0.4, -0.2) is 7.05 Å². The summed E-state index contributed by atoms with van der Waals surface area (Å²) in [5.74, 6) is 0.879. The van der Waals surface area contributed by atoms with Crippen LogP contribution >= 0.6 is 0 Å². The van der Waals surface area contributed by atoms with Crippen molar-refractivity contribution < 1.29 is 4.74 Å². The van der Waals surface area contributed by atoms with Crippen LogP contribution in [0.1, 0.15) is 5.56 Å². The van der Waals surface area contributed by atoms with Crippen molar-refractivity contribution in [1.82, 2.24) is 0 Å². The van der Waals surface area contributed by atoms with Crippen molar-refractivity contribution in [2.75, 3.05) is 11.9 Å². The van der Waals surface area contributed by atoms with Gasteiger partial charge in [0, 0.05) is 24.5 Å². The minimum Gasteiger partial charge on any atom is -0.489 e. The van der Waals surface area contributed by atoms with E-state index in [1.54, 1.807) is 0 Å². The third-order valence-corrected chi connectivity index (χ3v) is 3.60. The van der Waals surface area contributed by atoms with Crippen LogP contribution < -0.4 is 9.64 Å². The highest BCUT2D eigenvalue weighted by atomic mass is 16.5. The molecule has 0 aliphatic heterocycles. The Labute approximate surface area is 131 Å². The molecule has 0 unspecified atom stereocenters. The van der Waals surface area contributed by atoms with Crippen LogP contribution in [0.25, 0.3) is 0 Å². The molecule has 0 atom stereocenters. The third kappa shape index (κ3) is 3.47. The normalized spacial score (nSPS) is 10.2. The van der Waals surface area contributed by atoms with Crippen LogP contribution in [0, 0.1) is 0 Å². The maximum absolute atomic E-state index is 5.89. The highest BCUT2D eigenvalue weighted by molar-refractivity contribution is 5.63. The zero-order chi connectivity index (χ0) is 15.2. The number of para-hydroxylation sites is 1. The molecule has 0 spiro atoms. The molecule has 2 nitrogen and oxygen atoms in total. The summed E-state index contributed by atoms with van der Waals surface area (Å²) in [6, 6.07) is 28.7. The van der Waals surface area contributed by atoms with Gasteiger partial charge in [-0.05, 0) is 29.8 Å². The zero-order valence-electron chi connectivity index (χ0n) is 12.6. The predicted molar refractivity (Wildman–Crippen MR) is 91.7 cm³/mol. The molecule has 0 saturated heterocycles. The fourth-order valence-corrected chi connectivity index (χ4v) is 2.32. The highest BCUT2D eigenvalue weighted by Crippen LogP contribution is 2.26. The lowest BCUT2D eigenvalue weighted by Crippen LogP contribution is -2.09. The Balaban J connectivity index is 1.72. The van der Waals surface area contributed by atoms with Gasteiger partial charge in [-0.15, -0.1) is 0 Å². The Bertz CT molecular complexity index is 710.